The summed E-state index contributed by atoms with van der Waals surface area (Å²) in [4.78, 5) is 87.9. The van der Waals surface area contributed by atoms with Gasteiger partial charge in [-0.1, -0.05) is 79.6 Å². The van der Waals surface area contributed by atoms with Crippen LogP contribution in [-0.4, -0.2) is 114 Å². The minimum absolute atomic E-state index is 0.0173. The monoisotopic (exact) mass is 739 g/mol. The maximum absolute atomic E-state index is 14.9. The van der Waals surface area contributed by atoms with Gasteiger partial charge in [-0.25, -0.2) is 4.79 Å². The van der Waals surface area contributed by atoms with Crippen LogP contribution in [0.2, 0.25) is 0 Å². The van der Waals surface area contributed by atoms with Crippen molar-refractivity contribution in [2.75, 3.05) is 39.8 Å². The number of urea groups is 1. The molecule has 2 heterocycles. The third-order valence-electron chi connectivity index (χ3n) is 14.9. The lowest BCUT2D eigenvalue weighted by molar-refractivity contribution is -0.143. The van der Waals surface area contributed by atoms with Gasteiger partial charge in [-0.15, -0.1) is 0 Å². The van der Waals surface area contributed by atoms with Crippen molar-refractivity contribution >= 4 is 35.4 Å². The van der Waals surface area contributed by atoms with E-state index in [1.165, 1.54) is 0 Å². The molecule has 4 aliphatic carbocycles. The number of piperazine rings is 1. The first-order chi connectivity index (χ1) is 24.9. The first-order valence-corrected chi connectivity index (χ1v) is 20.4. The average Bonchev–Trinajstić information content (AvgIpc) is 3.28. The van der Waals surface area contributed by atoms with E-state index >= 15 is 0 Å². The minimum atomic E-state index is -1.08. The van der Waals surface area contributed by atoms with Crippen molar-refractivity contribution < 1.29 is 28.8 Å². The summed E-state index contributed by atoms with van der Waals surface area (Å²) < 4.78 is 0. The zero-order chi connectivity index (χ0) is 38.5. The minimum Gasteiger partial charge on any atom is -0.363 e. The van der Waals surface area contributed by atoms with Gasteiger partial charge in [0.25, 0.3) is 5.91 Å². The number of ketones is 1. The van der Waals surface area contributed by atoms with Gasteiger partial charge in [-0.3, -0.25) is 24.0 Å². The van der Waals surface area contributed by atoms with Crippen LogP contribution >= 0.6 is 0 Å². The molecule has 2 aliphatic heterocycles. The number of likely N-dealkylation sites (N-methyl/N-ethyl adjacent to an activating group) is 1. The van der Waals surface area contributed by atoms with Crippen molar-refractivity contribution in [1.82, 2.24) is 30.7 Å². The lowest BCUT2D eigenvalue weighted by Gasteiger charge is -2.39. The van der Waals surface area contributed by atoms with Crippen LogP contribution in [0.4, 0.5) is 4.79 Å². The quantitative estimate of drug-likeness (QED) is 0.236. The molecule has 2 saturated heterocycles. The fraction of sp³-hybridized carbons (Fsp3) is 0.850. The predicted octanol–water partition coefficient (Wildman–Crippen LogP) is 2.95. The SMILES string of the molecule is CN1CCN(C(=O)[C@@H](NC(=O)N[C@H](C(=O)N2C[C@]3(C[C@H]2C(=O)NC(CC2CCC2)C(=O)C(N)=O)C(C)(C)C32CCC2)C(C)(C)C)C2CCCCC2)CC1. The third kappa shape index (κ3) is 7.20. The number of hydrogen-bond donors (Lipinski definition) is 4. The normalized spacial score (nSPS) is 28.7. The van der Waals surface area contributed by atoms with Gasteiger partial charge in [0, 0.05) is 38.1 Å². The smallest absolute Gasteiger partial charge is 0.316 e. The molecule has 0 aromatic carbocycles. The molecule has 6 rings (SSSR count). The topological polar surface area (TPSA) is 174 Å². The van der Waals surface area contributed by atoms with Crippen molar-refractivity contribution in [2.24, 2.45) is 39.2 Å². The van der Waals surface area contributed by atoms with Crippen molar-refractivity contribution in [1.29, 1.82) is 0 Å². The number of nitrogens with two attached hydrogens (primary N) is 1. The summed E-state index contributed by atoms with van der Waals surface area (Å²) in [6.45, 7) is 13.3. The predicted molar refractivity (Wildman–Crippen MR) is 200 cm³/mol. The average molecular weight is 740 g/mol. The van der Waals surface area contributed by atoms with Crippen LogP contribution in [0, 0.1) is 33.5 Å². The summed E-state index contributed by atoms with van der Waals surface area (Å²) in [7, 11) is 2.04. The summed E-state index contributed by atoms with van der Waals surface area (Å²) in [5.41, 5.74) is 4.34. The van der Waals surface area contributed by atoms with Gasteiger partial charge in [-0.2, -0.15) is 0 Å². The Labute approximate surface area is 315 Å². The summed E-state index contributed by atoms with van der Waals surface area (Å²) in [5.74, 6) is -2.54. The Hall–Kier alpha value is -3.22. The second kappa shape index (κ2) is 14.8. The highest BCUT2D eigenvalue weighted by Gasteiger charge is 2.85. The Morgan fingerprint density at radius 2 is 1.43 bits per heavy atom. The van der Waals surface area contributed by atoms with Gasteiger partial charge < -0.3 is 36.4 Å². The van der Waals surface area contributed by atoms with Crippen LogP contribution in [0.3, 0.4) is 0 Å². The lowest BCUT2D eigenvalue weighted by Crippen LogP contribution is -2.62. The molecule has 53 heavy (non-hydrogen) atoms. The van der Waals surface area contributed by atoms with Crippen molar-refractivity contribution in [3.05, 3.63) is 0 Å². The highest BCUT2D eigenvalue weighted by Crippen LogP contribution is 2.88. The standard InChI is InChI=1S/C40H65N7O6/c1-37(2,3)31(44-36(53)43-29(26-14-8-7-9-15-26)34(51)46-20-18-45(6)19-21-46)35(52)47-24-40(38(4,5)39(40)16-11-17-39)23-28(47)33(50)42-27(30(48)32(41)49)22-25-12-10-13-25/h25-29,31H,7-24H2,1-6H3,(H2,41,49)(H,42,50)(H2,43,44,53)/t27?,28-,29-,31+,40+/m0/s1. The van der Waals surface area contributed by atoms with Crippen molar-refractivity contribution in [2.45, 2.75) is 142 Å². The Kier molecular flexibility index (Phi) is 11.0. The Morgan fingerprint density at radius 1 is 0.792 bits per heavy atom. The Morgan fingerprint density at radius 3 is 1.94 bits per heavy atom. The van der Waals surface area contributed by atoms with Gasteiger partial charge >= 0.3 is 6.03 Å². The molecular formula is C40H65N7O6. The second-order valence-corrected chi connectivity index (χ2v) is 19.1. The van der Waals surface area contributed by atoms with E-state index in [1.807, 2.05) is 32.7 Å². The molecule has 13 heteroatoms. The molecule has 2 spiro atoms. The highest BCUT2D eigenvalue weighted by atomic mass is 16.2. The van der Waals surface area contributed by atoms with Gasteiger partial charge in [0.15, 0.2) is 0 Å². The molecule has 5 atom stereocenters. The third-order valence-corrected chi connectivity index (χ3v) is 14.9. The van der Waals surface area contributed by atoms with Crippen LogP contribution in [0.1, 0.15) is 118 Å². The van der Waals surface area contributed by atoms with Crippen LogP contribution in [-0.2, 0) is 24.0 Å². The Bertz CT molecular complexity index is 1450. The number of Topliss-reactive ketones (excluding diaryl/α,β-unsaturated/α-hetero) is 1. The van der Waals surface area contributed by atoms with Gasteiger partial charge in [-0.05, 0) is 73.7 Å². The van der Waals surface area contributed by atoms with E-state index < -0.39 is 53.2 Å². The second-order valence-electron chi connectivity index (χ2n) is 19.1. The number of hydrogen-bond acceptors (Lipinski definition) is 7. The summed E-state index contributed by atoms with van der Waals surface area (Å²) in [5, 5.41) is 8.91. The molecular weight excluding hydrogens is 674 g/mol. The summed E-state index contributed by atoms with van der Waals surface area (Å²) in [6.07, 6.45) is 11.7. The largest absolute Gasteiger partial charge is 0.363 e. The van der Waals surface area contributed by atoms with Crippen LogP contribution in [0.15, 0.2) is 0 Å². The molecule has 296 valence electrons. The molecule has 5 N–H and O–H groups in total. The van der Waals surface area contributed by atoms with E-state index in [2.05, 4.69) is 34.7 Å². The van der Waals surface area contributed by atoms with Crippen LogP contribution in [0.5, 0.6) is 0 Å². The lowest BCUT2D eigenvalue weighted by atomic mass is 9.73. The molecule has 0 bridgehead atoms. The van der Waals surface area contributed by atoms with E-state index in [0.717, 1.165) is 83.7 Å². The first kappa shape index (κ1) is 39.5. The summed E-state index contributed by atoms with van der Waals surface area (Å²) in [6, 6.07) is -4.18. The number of likely N-dealkylation sites (tertiary alicyclic amines) is 1. The zero-order valence-electron chi connectivity index (χ0n) is 33.1. The molecule has 6 fully saturated rings. The molecule has 6 amide bonds. The number of primary amides is 1. The van der Waals surface area contributed by atoms with Crippen molar-refractivity contribution in [3.63, 3.8) is 0 Å². The number of carbonyl (C=O) groups excluding carboxylic acids is 6. The van der Waals surface area contributed by atoms with Crippen LogP contribution < -0.4 is 21.7 Å². The number of nitrogens with one attached hydrogen (secondary N) is 3. The van der Waals surface area contributed by atoms with E-state index in [4.69, 9.17) is 5.73 Å². The van der Waals surface area contributed by atoms with Gasteiger partial charge in [0.1, 0.15) is 18.1 Å². The van der Waals surface area contributed by atoms with Gasteiger partial charge in [0.05, 0.1) is 6.04 Å². The zero-order valence-corrected chi connectivity index (χ0v) is 33.1. The van der Waals surface area contributed by atoms with E-state index in [0.29, 0.717) is 32.5 Å². The maximum Gasteiger partial charge on any atom is 0.316 e. The number of fused-ring (bicyclic) bond motifs is 1. The molecule has 6 aliphatic rings. The number of rotatable bonds is 11. The number of nitrogens with zero attached hydrogens (tertiary/aromatic N) is 3. The van der Waals surface area contributed by atoms with E-state index in [9.17, 15) is 28.8 Å². The fourth-order valence-electron chi connectivity index (χ4n) is 11.0. The molecule has 1 unspecified atom stereocenters. The number of carbonyl (C=O) groups is 6. The van der Waals surface area contributed by atoms with E-state index in [1.54, 1.807) is 4.90 Å². The molecule has 0 aromatic heterocycles. The Balaban J connectivity index is 1.23. The van der Waals surface area contributed by atoms with Gasteiger partial charge in [0.2, 0.25) is 23.5 Å². The number of amides is 6. The van der Waals surface area contributed by atoms with E-state index in [-0.39, 0.29) is 39.9 Å². The molecule has 0 radical (unpaired) electrons. The molecule has 13 nitrogen and oxygen atoms in total. The highest BCUT2D eigenvalue weighted by molar-refractivity contribution is 6.37. The fourth-order valence-corrected chi connectivity index (χ4v) is 11.0. The molecule has 4 saturated carbocycles. The maximum atomic E-state index is 14.9. The molecule has 0 aromatic rings. The summed E-state index contributed by atoms with van der Waals surface area (Å²) >= 11 is 0. The first-order valence-electron chi connectivity index (χ1n) is 20.4. The van der Waals surface area contributed by atoms with Crippen molar-refractivity contribution in [3.8, 4) is 0 Å². The van der Waals surface area contributed by atoms with Crippen LogP contribution in [0.25, 0.3) is 0 Å².